The largest absolute Gasteiger partial charge is 0.480 e. The van der Waals surface area contributed by atoms with Gasteiger partial charge in [-0.2, -0.15) is 0 Å². The maximum atomic E-state index is 12.2. The summed E-state index contributed by atoms with van der Waals surface area (Å²) in [5, 5.41) is 0. The maximum absolute atomic E-state index is 12.2. The van der Waals surface area contributed by atoms with Crippen molar-refractivity contribution < 1.29 is 9.13 Å². The molecule has 0 aromatic rings. The lowest BCUT2D eigenvalue weighted by Gasteiger charge is -2.09. The van der Waals surface area contributed by atoms with Crippen molar-refractivity contribution >= 4 is 12.6 Å². The van der Waals surface area contributed by atoms with Gasteiger partial charge in [0.25, 0.3) is 0 Å². The van der Waals surface area contributed by atoms with Crippen molar-refractivity contribution in [3.63, 3.8) is 0 Å². The Balaban J connectivity index is 2.66. The first-order valence-electron chi connectivity index (χ1n) is 2.16. The Morgan fingerprint density at radius 2 is 2.50 bits per heavy atom. The van der Waals surface area contributed by atoms with Gasteiger partial charge in [0.15, 0.2) is 11.3 Å². The fraction of sp³-hybridized carbons (Fsp3) is 0.200. The van der Waals surface area contributed by atoms with Gasteiger partial charge in [-0.25, -0.2) is 4.39 Å². The molecule has 0 aliphatic carbocycles. The van der Waals surface area contributed by atoms with E-state index in [0.29, 0.717) is 0 Å². The van der Waals surface area contributed by atoms with Crippen LogP contribution in [0.5, 0.6) is 0 Å². The molecule has 1 nitrogen and oxygen atoms in total. The smallest absolute Gasteiger partial charge is 0.192 e. The Morgan fingerprint density at radius 1 is 1.75 bits per heavy atom. The number of ether oxygens (including phenoxy) is 1. The zero-order valence-corrected chi connectivity index (χ0v) is 4.94. The fourth-order valence-corrected chi connectivity index (χ4v) is 0.555. The number of allylic oxidation sites excluding steroid dienone is 2. The third-order valence-corrected chi connectivity index (χ3v) is 1.15. The van der Waals surface area contributed by atoms with E-state index in [2.05, 4.69) is 17.4 Å². The molecule has 1 unspecified atom stereocenters. The molecule has 0 saturated heterocycles. The average Bonchev–Trinajstić information content (AvgIpc) is 1.77. The van der Waals surface area contributed by atoms with Crippen LogP contribution in [0.2, 0.25) is 0 Å². The second-order valence-corrected chi connectivity index (χ2v) is 1.84. The Bertz CT molecular complexity index is 141. The van der Waals surface area contributed by atoms with Crippen molar-refractivity contribution in [1.82, 2.24) is 0 Å². The summed E-state index contributed by atoms with van der Waals surface area (Å²) in [5.41, 5.74) is -0.694. The SMILES string of the molecule is FC1=CC=COC1S. The molecule has 0 N–H and O–H groups in total. The Labute approximate surface area is 52.2 Å². The summed E-state index contributed by atoms with van der Waals surface area (Å²) in [6.45, 7) is 0. The van der Waals surface area contributed by atoms with Crippen molar-refractivity contribution in [2.24, 2.45) is 0 Å². The van der Waals surface area contributed by atoms with E-state index in [9.17, 15) is 4.39 Å². The van der Waals surface area contributed by atoms with Crippen LogP contribution < -0.4 is 0 Å². The summed E-state index contributed by atoms with van der Waals surface area (Å²) in [4.78, 5) is 0. The minimum Gasteiger partial charge on any atom is -0.480 e. The van der Waals surface area contributed by atoms with Gasteiger partial charge in [0.05, 0.1) is 6.26 Å². The van der Waals surface area contributed by atoms with E-state index in [1.807, 2.05) is 0 Å². The molecule has 0 spiro atoms. The van der Waals surface area contributed by atoms with Gasteiger partial charge >= 0.3 is 0 Å². The van der Waals surface area contributed by atoms with Gasteiger partial charge in [-0.05, 0) is 12.2 Å². The lowest BCUT2D eigenvalue weighted by molar-refractivity contribution is 0.222. The minimum atomic E-state index is -0.694. The van der Waals surface area contributed by atoms with Crippen LogP contribution in [0.15, 0.2) is 24.2 Å². The van der Waals surface area contributed by atoms with Crippen LogP contribution in [-0.4, -0.2) is 5.44 Å². The normalized spacial score (nSPS) is 26.8. The lowest BCUT2D eigenvalue weighted by atomic mass is 10.4. The van der Waals surface area contributed by atoms with Crippen LogP contribution >= 0.6 is 12.6 Å². The molecule has 0 fully saturated rings. The van der Waals surface area contributed by atoms with Crippen LogP contribution in [0, 0.1) is 0 Å². The first kappa shape index (κ1) is 5.69. The van der Waals surface area contributed by atoms with Crippen LogP contribution in [0.3, 0.4) is 0 Å². The number of hydrogen-bond donors (Lipinski definition) is 1. The summed E-state index contributed by atoms with van der Waals surface area (Å²) in [5.74, 6) is -0.351. The maximum Gasteiger partial charge on any atom is 0.192 e. The molecular weight excluding hydrogens is 127 g/mol. The highest BCUT2D eigenvalue weighted by Gasteiger charge is 2.09. The number of hydrogen-bond acceptors (Lipinski definition) is 2. The molecule has 0 amide bonds. The summed E-state index contributed by atoms with van der Waals surface area (Å²) < 4.78 is 16.8. The standard InChI is InChI=1S/C5H5FOS/c6-4-2-1-3-7-5(4)8/h1-3,5,8H. The number of halogens is 1. The molecule has 1 atom stereocenters. The van der Waals surface area contributed by atoms with Crippen LogP contribution in [0.25, 0.3) is 0 Å². The molecule has 1 aliphatic heterocycles. The summed E-state index contributed by atoms with van der Waals surface area (Å²) in [7, 11) is 0. The van der Waals surface area contributed by atoms with E-state index < -0.39 is 5.44 Å². The van der Waals surface area contributed by atoms with Crippen molar-refractivity contribution in [2.75, 3.05) is 0 Å². The molecule has 1 heterocycles. The van der Waals surface area contributed by atoms with E-state index in [4.69, 9.17) is 0 Å². The molecule has 0 saturated carbocycles. The van der Waals surface area contributed by atoms with Gasteiger partial charge in [-0.15, -0.1) is 12.6 Å². The predicted octanol–water partition coefficient (Wildman–Crippen LogP) is 1.64. The van der Waals surface area contributed by atoms with Gasteiger partial charge in [0.1, 0.15) is 0 Å². The van der Waals surface area contributed by atoms with Crippen LogP contribution in [-0.2, 0) is 4.74 Å². The van der Waals surface area contributed by atoms with Gasteiger partial charge < -0.3 is 4.74 Å². The first-order chi connectivity index (χ1) is 3.80. The van der Waals surface area contributed by atoms with Crippen molar-refractivity contribution in [2.45, 2.75) is 5.44 Å². The molecule has 44 valence electrons. The molecule has 1 rings (SSSR count). The van der Waals surface area contributed by atoms with E-state index >= 15 is 0 Å². The Morgan fingerprint density at radius 3 is 2.88 bits per heavy atom. The second-order valence-electron chi connectivity index (χ2n) is 1.37. The van der Waals surface area contributed by atoms with Crippen LogP contribution in [0.4, 0.5) is 4.39 Å². The Kier molecular flexibility index (Phi) is 1.58. The highest BCUT2D eigenvalue weighted by Crippen LogP contribution is 2.15. The summed E-state index contributed by atoms with van der Waals surface area (Å²) in [6, 6.07) is 0. The number of thiol groups is 1. The topological polar surface area (TPSA) is 9.23 Å². The monoisotopic (exact) mass is 132 g/mol. The van der Waals surface area contributed by atoms with E-state index in [1.165, 1.54) is 18.4 Å². The number of rotatable bonds is 0. The zero-order chi connectivity index (χ0) is 5.98. The van der Waals surface area contributed by atoms with Gasteiger partial charge in [0, 0.05) is 0 Å². The Hall–Kier alpha value is -0.440. The highest BCUT2D eigenvalue weighted by atomic mass is 32.1. The average molecular weight is 132 g/mol. The molecule has 1 aliphatic rings. The van der Waals surface area contributed by atoms with E-state index in [-0.39, 0.29) is 5.83 Å². The highest BCUT2D eigenvalue weighted by molar-refractivity contribution is 7.81. The summed E-state index contributed by atoms with van der Waals surface area (Å²) >= 11 is 3.74. The van der Waals surface area contributed by atoms with Gasteiger partial charge in [-0.1, -0.05) is 0 Å². The second kappa shape index (κ2) is 2.22. The van der Waals surface area contributed by atoms with Gasteiger partial charge in [0.2, 0.25) is 0 Å². The zero-order valence-electron chi connectivity index (χ0n) is 4.04. The molecule has 0 bridgehead atoms. The third-order valence-electron chi connectivity index (χ3n) is 0.777. The molecule has 3 heteroatoms. The minimum absolute atomic E-state index is 0.351. The molecule has 0 aromatic carbocycles. The molecular formula is C5H5FOS. The predicted molar refractivity (Wildman–Crippen MR) is 32.2 cm³/mol. The van der Waals surface area contributed by atoms with E-state index in [0.717, 1.165) is 0 Å². The molecule has 0 aromatic heterocycles. The quantitative estimate of drug-likeness (QED) is 0.493. The summed E-state index contributed by atoms with van der Waals surface area (Å²) in [6.07, 6.45) is 4.21. The lowest BCUT2D eigenvalue weighted by Crippen LogP contribution is -2.03. The third kappa shape index (κ3) is 1.04. The van der Waals surface area contributed by atoms with Gasteiger partial charge in [-0.3, -0.25) is 0 Å². The van der Waals surface area contributed by atoms with Crippen LogP contribution in [0.1, 0.15) is 0 Å². The molecule has 8 heavy (non-hydrogen) atoms. The van der Waals surface area contributed by atoms with E-state index in [1.54, 1.807) is 0 Å². The fourth-order valence-electron chi connectivity index (χ4n) is 0.398. The molecule has 0 radical (unpaired) electrons. The van der Waals surface area contributed by atoms with Crippen molar-refractivity contribution in [3.05, 3.63) is 24.2 Å². The van der Waals surface area contributed by atoms with Crippen molar-refractivity contribution in [1.29, 1.82) is 0 Å². The van der Waals surface area contributed by atoms with Crippen molar-refractivity contribution in [3.8, 4) is 0 Å². The first-order valence-corrected chi connectivity index (χ1v) is 2.68.